The van der Waals surface area contributed by atoms with Gasteiger partial charge in [-0.15, -0.1) is 0 Å². The molecule has 362 valence electrons. The summed E-state index contributed by atoms with van der Waals surface area (Å²) in [5, 5.41) is 63.5. The molecular formula is C47H51N3O18. The van der Waals surface area contributed by atoms with Crippen molar-refractivity contribution >= 4 is 47.1 Å². The number of rotatable bonds is 18. The monoisotopic (exact) mass is 945 g/mol. The smallest absolute Gasteiger partial charge is 0.407 e. The second kappa shape index (κ2) is 21.6. The average Bonchev–Trinajstić information content (AvgIpc) is 3.32. The minimum Gasteiger partial charge on any atom is -0.507 e. The third-order valence-electron chi connectivity index (χ3n) is 11.6. The Hall–Kier alpha value is -7.17. The van der Waals surface area contributed by atoms with Crippen molar-refractivity contribution in [2.75, 3.05) is 32.2 Å². The van der Waals surface area contributed by atoms with E-state index in [4.69, 9.17) is 28.4 Å². The molecule has 7 atom stereocenters. The number of hydrogen-bond donors (Lipinski definition) is 8. The Bertz CT molecular complexity index is 2490. The summed E-state index contributed by atoms with van der Waals surface area (Å²) < 4.78 is 32.8. The number of aliphatic hydroxyl groups is 3. The van der Waals surface area contributed by atoms with Crippen LogP contribution in [0.4, 0.5) is 15.3 Å². The minimum atomic E-state index is -2.40. The molecule has 21 heteroatoms. The third-order valence-corrected chi connectivity index (χ3v) is 11.6. The summed E-state index contributed by atoms with van der Waals surface area (Å²) >= 11 is 0. The number of carbonyl (C=O) groups is 7. The number of aliphatic hydroxyl groups excluding tert-OH is 2. The van der Waals surface area contributed by atoms with Gasteiger partial charge in [-0.25, -0.2) is 14.4 Å². The number of urea groups is 1. The van der Waals surface area contributed by atoms with E-state index in [2.05, 4.69) is 29.1 Å². The molecule has 3 aromatic carbocycles. The molecule has 0 bridgehead atoms. The minimum absolute atomic E-state index is 0.0170. The molecule has 1 fully saturated rings. The van der Waals surface area contributed by atoms with Crippen molar-refractivity contribution in [2.45, 2.75) is 87.9 Å². The summed E-state index contributed by atoms with van der Waals surface area (Å²) in [7, 11) is 1.29. The highest BCUT2D eigenvalue weighted by molar-refractivity contribution is 6.31. The molecule has 6 rings (SSSR count). The number of esters is 2. The fraction of sp³-hybridized carbons (Fsp3) is 0.383. The molecular weight excluding hydrogens is 895 g/mol. The Balaban J connectivity index is 1.11. The van der Waals surface area contributed by atoms with Crippen LogP contribution in [-0.4, -0.2) is 130 Å². The van der Waals surface area contributed by atoms with Gasteiger partial charge in [0.15, 0.2) is 17.9 Å². The number of fused-ring (bicyclic) bond motifs is 3. The highest BCUT2D eigenvalue weighted by Gasteiger charge is 2.50. The fourth-order valence-electron chi connectivity index (χ4n) is 8.19. The van der Waals surface area contributed by atoms with Crippen LogP contribution >= 0.6 is 0 Å². The standard InChI is InChI=1S/C47H51N3O18/c1-5-16-64-33(53)15-14-28(44(59)65-17-6-2)49-45(60)48-25-12-10-24(11-13-25)22-66-46(61)50-29-18-34(67-23(3)39(29)54)68-31-20-47(62,32(52)21-51)19-27-36(31)43(58)38-37(41(27)56)40(55)26-8-7-9-30(63-4)35(26)42(38)57/h5-13,23,28-29,31,34,39,51,54,56,58,62H,1-2,14-22H2,3-4H3,(H,50,61)(H2,48,49,60)/t23-,28-,29-,31-,34-,39+,47-/m0/s1. The number of Topliss-reactive ketones (excluding diaryl/α,β-unsaturated/α-hetero) is 1. The molecule has 0 saturated carbocycles. The van der Waals surface area contributed by atoms with E-state index in [1.807, 2.05) is 0 Å². The van der Waals surface area contributed by atoms with Gasteiger partial charge in [0.05, 0.1) is 42.0 Å². The number of aromatic hydroxyl groups is 2. The molecule has 0 spiro atoms. The van der Waals surface area contributed by atoms with E-state index >= 15 is 0 Å². The van der Waals surface area contributed by atoms with E-state index in [9.17, 15) is 59.1 Å². The maximum atomic E-state index is 14.0. The zero-order chi connectivity index (χ0) is 49.4. The summed E-state index contributed by atoms with van der Waals surface area (Å²) in [4.78, 5) is 91.2. The van der Waals surface area contributed by atoms with Crippen molar-refractivity contribution < 1.29 is 87.5 Å². The second-order valence-electron chi connectivity index (χ2n) is 16.1. The number of ketones is 3. The van der Waals surface area contributed by atoms with Crippen LogP contribution in [0, 0.1) is 0 Å². The van der Waals surface area contributed by atoms with Crippen molar-refractivity contribution in [3.63, 3.8) is 0 Å². The number of phenols is 2. The van der Waals surface area contributed by atoms with E-state index in [1.54, 1.807) is 0 Å². The van der Waals surface area contributed by atoms with Crippen LogP contribution in [-0.2, 0) is 51.1 Å². The van der Waals surface area contributed by atoms with Gasteiger partial charge in [0.2, 0.25) is 5.78 Å². The number of phenolic OH excluding ortho intramolecular Hbond substituents is 2. The van der Waals surface area contributed by atoms with Crippen LogP contribution in [0.5, 0.6) is 17.2 Å². The Morgan fingerprint density at radius 3 is 2.31 bits per heavy atom. The Labute approximate surface area is 388 Å². The Morgan fingerprint density at radius 1 is 0.941 bits per heavy atom. The van der Waals surface area contributed by atoms with Gasteiger partial charge in [0, 0.05) is 48.1 Å². The van der Waals surface area contributed by atoms with Gasteiger partial charge in [-0.05, 0) is 37.1 Å². The number of anilines is 1. The third kappa shape index (κ3) is 10.8. The molecule has 0 radical (unpaired) electrons. The average molecular weight is 946 g/mol. The highest BCUT2D eigenvalue weighted by atomic mass is 16.7. The fourth-order valence-corrected chi connectivity index (χ4v) is 8.19. The molecule has 3 aromatic rings. The Morgan fingerprint density at radius 2 is 1.63 bits per heavy atom. The number of methoxy groups -OCH3 is 1. The van der Waals surface area contributed by atoms with Gasteiger partial charge in [-0.3, -0.25) is 19.2 Å². The SMILES string of the molecule is C=CCOC(=O)CC[C@H](NC(=O)Nc1ccc(COC(=O)N[C@H]2C[C@H](O[C@H]3C[C@](O)(C(=O)CO)Cc4c(O)c5c(c(O)c43)C(=O)c3c(OC)cccc3C5=O)O[C@@H](C)[C@H]2O)cc1)C(=O)OCC=C. The molecule has 8 N–H and O–H groups in total. The first-order chi connectivity index (χ1) is 32.4. The van der Waals surface area contributed by atoms with Crippen molar-refractivity contribution in [1.82, 2.24) is 10.6 Å². The Kier molecular flexibility index (Phi) is 16.0. The lowest BCUT2D eigenvalue weighted by atomic mass is 9.72. The second-order valence-corrected chi connectivity index (χ2v) is 16.1. The van der Waals surface area contributed by atoms with Crippen LogP contribution < -0.4 is 20.7 Å². The van der Waals surface area contributed by atoms with Gasteiger partial charge in [0.1, 0.15) is 61.4 Å². The molecule has 0 aromatic heterocycles. The van der Waals surface area contributed by atoms with Crippen LogP contribution in [0.2, 0.25) is 0 Å². The van der Waals surface area contributed by atoms with Crippen LogP contribution in [0.3, 0.4) is 0 Å². The lowest BCUT2D eigenvalue weighted by Gasteiger charge is -2.42. The topological polar surface area (TPSA) is 312 Å². The zero-order valence-corrected chi connectivity index (χ0v) is 37.0. The van der Waals surface area contributed by atoms with Gasteiger partial charge in [-0.1, -0.05) is 49.6 Å². The largest absolute Gasteiger partial charge is 0.507 e. The molecule has 68 heavy (non-hydrogen) atoms. The van der Waals surface area contributed by atoms with Crippen molar-refractivity contribution in [3.05, 3.63) is 107 Å². The number of ether oxygens (including phenoxy) is 6. The molecule has 3 amide bonds. The first-order valence-corrected chi connectivity index (χ1v) is 21.3. The van der Waals surface area contributed by atoms with Gasteiger partial charge in [-0.2, -0.15) is 0 Å². The maximum absolute atomic E-state index is 14.0. The molecule has 21 nitrogen and oxygen atoms in total. The summed E-state index contributed by atoms with van der Waals surface area (Å²) in [5.41, 5.74) is -3.58. The maximum Gasteiger partial charge on any atom is 0.407 e. The summed E-state index contributed by atoms with van der Waals surface area (Å²) in [6, 6.07) is 7.25. The number of hydrogen-bond acceptors (Lipinski definition) is 18. The number of alkyl carbamates (subject to hydrolysis) is 1. The van der Waals surface area contributed by atoms with Crippen LogP contribution in [0.15, 0.2) is 67.8 Å². The number of amides is 3. The molecule has 3 aliphatic rings. The summed E-state index contributed by atoms with van der Waals surface area (Å²) in [6.45, 7) is 6.89. The van der Waals surface area contributed by atoms with Crippen LogP contribution in [0.25, 0.3) is 0 Å². The predicted molar refractivity (Wildman–Crippen MR) is 235 cm³/mol. The van der Waals surface area contributed by atoms with E-state index < -0.39 is 126 Å². The quantitative estimate of drug-likeness (QED) is 0.0308. The van der Waals surface area contributed by atoms with E-state index in [1.165, 1.54) is 68.7 Å². The van der Waals surface area contributed by atoms with Gasteiger partial charge < -0.3 is 69.9 Å². The van der Waals surface area contributed by atoms with E-state index in [0.717, 1.165) is 0 Å². The number of nitrogens with one attached hydrogen (secondary N) is 3. The van der Waals surface area contributed by atoms with Crippen molar-refractivity contribution in [1.29, 1.82) is 0 Å². The lowest BCUT2D eigenvalue weighted by molar-refractivity contribution is -0.249. The molecule has 1 saturated heterocycles. The van der Waals surface area contributed by atoms with Gasteiger partial charge in [0.25, 0.3) is 0 Å². The molecule has 1 heterocycles. The predicted octanol–water partition coefficient (Wildman–Crippen LogP) is 2.70. The number of carbonyl (C=O) groups excluding carboxylic acids is 7. The zero-order valence-electron chi connectivity index (χ0n) is 37.0. The van der Waals surface area contributed by atoms with Crippen molar-refractivity contribution in [3.8, 4) is 17.2 Å². The molecule has 1 aliphatic heterocycles. The van der Waals surface area contributed by atoms with Gasteiger partial charge >= 0.3 is 24.1 Å². The number of benzene rings is 3. The first-order valence-electron chi connectivity index (χ1n) is 21.3. The summed E-state index contributed by atoms with van der Waals surface area (Å²) in [5.74, 6) is -5.70. The first kappa shape index (κ1) is 50.2. The molecule has 2 aliphatic carbocycles. The summed E-state index contributed by atoms with van der Waals surface area (Å²) in [6.07, 6.45) is -5.33. The lowest BCUT2D eigenvalue weighted by Crippen LogP contribution is -2.56. The molecule has 0 unspecified atom stereocenters. The normalized spacial score (nSPS) is 21.9. The van der Waals surface area contributed by atoms with E-state index in [0.29, 0.717) is 11.3 Å². The van der Waals surface area contributed by atoms with Crippen molar-refractivity contribution in [2.24, 2.45) is 0 Å². The van der Waals surface area contributed by atoms with E-state index in [-0.39, 0.29) is 67.1 Å². The highest BCUT2D eigenvalue weighted by Crippen LogP contribution is 2.52. The van der Waals surface area contributed by atoms with Crippen LogP contribution in [0.1, 0.15) is 87.2 Å².